The predicted octanol–water partition coefficient (Wildman–Crippen LogP) is 2.62. The lowest BCUT2D eigenvalue weighted by Gasteiger charge is -2.21. The van der Waals surface area contributed by atoms with Crippen LogP contribution in [0.25, 0.3) is 0 Å². The van der Waals surface area contributed by atoms with Gasteiger partial charge >= 0.3 is 0 Å². The van der Waals surface area contributed by atoms with Gasteiger partial charge in [0.25, 0.3) is 0 Å². The molecule has 3 rings (SSSR count). The zero-order valence-corrected chi connectivity index (χ0v) is 10.1. The number of nitriles is 1. The van der Waals surface area contributed by atoms with E-state index in [9.17, 15) is 5.26 Å². The molecule has 0 spiro atoms. The van der Waals surface area contributed by atoms with Gasteiger partial charge in [0.1, 0.15) is 17.0 Å². The van der Waals surface area contributed by atoms with E-state index in [1.165, 1.54) is 0 Å². The number of methoxy groups -OCH3 is 1. The van der Waals surface area contributed by atoms with Crippen molar-refractivity contribution in [3.05, 3.63) is 41.0 Å². The molecule has 2 unspecified atom stereocenters. The lowest BCUT2D eigenvalue weighted by Crippen LogP contribution is -2.20. The third-order valence-electron chi connectivity index (χ3n) is 3.75. The lowest BCUT2D eigenvalue weighted by atomic mass is 9.79. The zero-order chi connectivity index (χ0) is 12.3. The van der Waals surface area contributed by atoms with Gasteiger partial charge < -0.3 is 9.47 Å². The maximum absolute atomic E-state index is 9.19. The minimum atomic E-state index is -0.618. The number of fused-ring (bicyclic) bond motifs is 5. The molecule has 86 valence electrons. The van der Waals surface area contributed by atoms with Crippen LogP contribution in [0.15, 0.2) is 29.8 Å². The average Bonchev–Trinajstić information content (AvgIpc) is 2.73. The van der Waals surface area contributed by atoms with E-state index in [4.69, 9.17) is 9.47 Å². The van der Waals surface area contributed by atoms with Crippen molar-refractivity contribution in [1.82, 2.24) is 0 Å². The van der Waals surface area contributed by atoms with Gasteiger partial charge in [-0.15, -0.1) is 0 Å². The number of benzene rings is 1. The first-order chi connectivity index (χ1) is 8.03. The molecule has 0 amide bonds. The summed E-state index contributed by atoms with van der Waals surface area (Å²) in [4.78, 5) is 0. The molecule has 2 heterocycles. The molecule has 0 radical (unpaired) electrons. The Labute approximate surface area is 100 Å². The highest BCUT2D eigenvalue weighted by Crippen LogP contribution is 2.57. The van der Waals surface area contributed by atoms with E-state index in [2.05, 4.69) is 6.07 Å². The molecule has 3 heteroatoms. The molecule has 0 aromatic heterocycles. The van der Waals surface area contributed by atoms with Crippen molar-refractivity contribution in [2.45, 2.75) is 25.0 Å². The van der Waals surface area contributed by atoms with Gasteiger partial charge in [-0.05, 0) is 43.2 Å². The smallest absolute Gasteiger partial charge is 0.127 e. The van der Waals surface area contributed by atoms with Gasteiger partial charge in [0.05, 0.1) is 18.8 Å². The normalized spacial score (nSPS) is 32.9. The second kappa shape index (κ2) is 2.91. The van der Waals surface area contributed by atoms with Gasteiger partial charge in [0.15, 0.2) is 0 Å². The Bertz CT molecular complexity index is 584. The molecule has 0 saturated heterocycles. The number of ether oxygens (including phenoxy) is 2. The van der Waals surface area contributed by atoms with Gasteiger partial charge in [0.2, 0.25) is 0 Å². The summed E-state index contributed by atoms with van der Waals surface area (Å²) in [7, 11) is 1.64. The molecule has 1 aromatic rings. The third-order valence-corrected chi connectivity index (χ3v) is 3.75. The van der Waals surface area contributed by atoms with Crippen LogP contribution in [0.1, 0.15) is 25.0 Å². The minimum Gasteiger partial charge on any atom is -0.497 e. The maximum Gasteiger partial charge on any atom is 0.127 e. The first-order valence-electron chi connectivity index (χ1n) is 5.56. The van der Waals surface area contributed by atoms with E-state index in [-0.39, 0.29) is 0 Å². The largest absolute Gasteiger partial charge is 0.497 e. The average molecular weight is 227 g/mol. The van der Waals surface area contributed by atoms with Gasteiger partial charge in [0, 0.05) is 0 Å². The fourth-order valence-electron chi connectivity index (χ4n) is 2.87. The summed E-state index contributed by atoms with van der Waals surface area (Å²) < 4.78 is 11.3. The molecule has 3 nitrogen and oxygen atoms in total. The van der Waals surface area contributed by atoms with Crippen molar-refractivity contribution in [2.75, 3.05) is 7.11 Å². The predicted molar refractivity (Wildman–Crippen MR) is 62.5 cm³/mol. The van der Waals surface area contributed by atoms with Crippen molar-refractivity contribution in [2.24, 2.45) is 0 Å². The highest BCUT2D eigenvalue weighted by molar-refractivity contribution is 5.59. The highest BCUT2D eigenvalue weighted by Gasteiger charge is 2.55. The second-order valence-corrected chi connectivity index (χ2v) is 4.82. The van der Waals surface area contributed by atoms with Crippen LogP contribution < -0.4 is 4.74 Å². The Morgan fingerprint density at radius 1 is 1.29 bits per heavy atom. The molecular weight excluding hydrogens is 214 g/mol. The van der Waals surface area contributed by atoms with Crippen LogP contribution >= 0.6 is 0 Å². The monoisotopic (exact) mass is 227 g/mol. The summed E-state index contributed by atoms with van der Waals surface area (Å²) in [6, 6.07) is 8.14. The molecule has 2 bridgehead atoms. The van der Waals surface area contributed by atoms with E-state index in [1.54, 1.807) is 7.11 Å². The molecule has 0 N–H and O–H groups in total. The van der Waals surface area contributed by atoms with E-state index >= 15 is 0 Å². The standard InChI is InChI=1S/C14H13NO2/c1-13-7-9(8-15)14(2,17-13)12-6-10(16-3)4-5-11(12)13/h4-7H,1-3H3. The Morgan fingerprint density at radius 2 is 2.06 bits per heavy atom. The molecule has 0 saturated carbocycles. The number of hydrogen-bond acceptors (Lipinski definition) is 3. The summed E-state index contributed by atoms with van der Waals surface area (Å²) in [5.74, 6) is 0.794. The molecule has 2 aliphatic heterocycles. The van der Waals surface area contributed by atoms with E-state index in [1.807, 2.05) is 38.1 Å². The molecule has 0 fully saturated rings. The highest BCUT2D eigenvalue weighted by atomic mass is 16.5. The fourth-order valence-corrected chi connectivity index (χ4v) is 2.87. The van der Waals surface area contributed by atoms with Crippen LogP contribution in [0.2, 0.25) is 0 Å². The Kier molecular flexibility index (Phi) is 1.77. The third kappa shape index (κ3) is 1.08. The van der Waals surface area contributed by atoms with Crippen LogP contribution in [0.3, 0.4) is 0 Å². The molecule has 1 aromatic carbocycles. The van der Waals surface area contributed by atoms with E-state index < -0.39 is 11.2 Å². The summed E-state index contributed by atoms with van der Waals surface area (Å²) in [5.41, 5.74) is 1.76. The van der Waals surface area contributed by atoms with Gasteiger partial charge in [-0.2, -0.15) is 5.26 Å². The van der Waals surface area contributed by atoms with Crippen LogP contribution in [-0.2, 0) is 15.9 Å². The summed E-state index contributed by atoms with van der Waals surface area (Å²) in [5, 5.41) is 9.19. The number of rotatable bonds is 1. The lowest BCUT2D eigenvalue weighted by molar-refractivity contribution is -0.0523. The number of hydrogen-bond donors (Lipinski definition) is 0. The second-order valence-electron chi connectivity index (χ2n) is 4.82. The number of nitrogens with zero attached hydrogens (tertiary/aromatic N) is 1. The van der Waals surface area contributed by atoms with Crippen molar-refractivity contribution in [3.63, 3.8) is 0 Å². The molecular formula is C14H13NO2. The topological polar surface area (TPSA) is 42.2 Å². The van der Waals surface area contributed by atoms with E-state index in [0.717, 1.165) is 16.9 Å². The minimum absolute atomic E-state index is 0.471. The Balaban J connectivity index is 2.27. The maximum atomic E-state index is 9.19. The van der Waals surface area contributed by atoms with Gasteiger partial charge in [-0.3, -0.25) is 0 Å². The summed E-state index contributed by atoms with van der Waals surface area (Å²) in [6.45, 7) is 3.94. The quantitative estimate of drug-likeness (QED) is 0.740. The van der Waals surface area contributed by atoms with Crippen molar-refractivity contribution in [1.29, 1.82) is 5.26 Å². The van der Waals surface area contributed by atoms with Crippen LogP contribution in [-0.4, -0.2) is 7.11 Å². The van der Waals surface area contributed by atoms with Crippen molar-refractivity contribution >= 4 is 0 Å². The Morgan fingerprint density at radius 3 is 2.71 bits per heavy atom. The zero-order valence-electron chi connectivity index (χ0n) is 10.1. The van der Waals surface area contributed by atoms with Crippen LogP contribution in [0, 0.1) is 11.3 Å². The Hall–Kier alpha value is -1.79. The van der Waals surface area contributed by atoms with Crippen molar-refractivity contribution in [3.8, 4) is 11.8 Å². The first-order valence-corrected chi connectivity index (χ1v) is 5.56. The molecule has 17 heavy (non-hydrogen) atoms. The molecule has 2 aliphatic rings. The van der Waals surface area contributed by atoms with Crippen LogP contribution in [0.4, 0.5) is 0 Å². The van der Waals surface area contributed by atoms with Gasteiger partial charge in [-0.1, -0.05) is 6.07 Å². The SMILES string of the molecule is COc1ccc2c(c1)C1(C)OC2(C)C=C1C#N. The first kappa shape index (κ1) is 10.4. The molecule has 2 atom stereocenters. The van der Waals surface area contributed by atoms with Gasteiger partial charge in [-0.25, -0.2) is 0 Å². The summed E-state index contributed by atoms with van der Waals surface area (Å²) in [6.07, 6.45) is 1.92. The summed E-state index contributed by atoms with van der Waals surface area (Å²) >= 11 is 0. The van der Waals surface area contributed by atoms with Crippen molar-refractivity contribution < 1.29 is 9.47 Å². The van der Waals surface area contributed by atoms with E-state index in [0.29, 0.717) is 5.57 Å². The van der Waals surface area contributed by atoms with Crippen LogP contribution in [0.5, 0.6) is 5.75 Å². The fraction of sp³-hybridized carbons (Fsp3) is 0.357. The molecule has 0 aliphatic carbocycles.